The lowest BCUT2D eigenvalue weighted by atomic mass is 10.1. The van der Waals surface area contributed by atoms with Crippen molar-refractivity contribution in [3.8, 4) is 0 Å². The molecule has 9 heteroatoms. The molecule has 2 heterocycles. The molecule has 0 unspecified atom stereocenters. The third-order valence-electron chi connectivity index (χ3n) is 2.29. The van der Waals surface area contributed by atoms with Crippen LogP contribution >= 0.6 is 11.6 Å². The molecule has 1 aromatic heterocycles. The van der Waals surface area contributed by atoms with Gasteiger partial charge in [-0.25, -0.2) is 0 Å². The van der Waals surface area contributed by atoms with Gasteiger partial charge < -0.3 is 20.1 Å². The van der Waals surface area contributed by atoms with E-state index in [-0.39, 0.29) is 17.7 Å². The molecule has 18 heavy (non-hydrogen) atoms. The van der Waals surface area contributed by atoms with Gasteiger partial charge in [-0.2, -0.15) is 0 Å². The number of hydrogen-bond donors (Lipinski definition) is 4. The minimum absolute atomic E-state index is 0.135. The maximum absolute atomic E-state index is 9.57. The Morgan fingerprint density at radius 2 is 2.11 bits per heavy atom. The van der Waals surface area contributed by atoms with Crippen molar-refractivity contribution in [3.05, 3.63) is 17.3 Å². The van der Waals surface area contributed by atoms with Gasteiger partial charge in [-0.05, 0) is 12.1 Å². The number of rotatable bonds is 2. The Kier molecular flexibility index (Phi) is 3.92. The summed E-state index contributed by atoms with van der Waals surface area (Å²) < 4.78 is 4.97. The molecule has 0 aliphatic carbocycles. The molecule has 0 bridgehead atoms. The summed E-state index contributed by atoms with van der Waals surface area (Å²) in [6.07, 6.45) is -3.88. The smallest absolute Gasteiger partial charge is 0.238 e. The summed E-state index contributed by atoms with van der Waals surface area (Å²) in [7, 11) is 0. The maximum Gasteiger partial charge on any atom is 0.238 e. The number of nitrogens with zero attached hydrogens (tertiary/aromatic N) is 3. The average Bonchev–Trinajstić information content (AvgIpc) is 2.37. The first kappa shape index (κ1) is 13.0. The van der Waals surface area contributed by atoms with Gasteiger partial charge in [0.25, 0.3) is 0 Å². The van der Waals surface area contributed by atoms with E-state index in [2.05, 4.69) is 20.7 Å². The SMILES string of the molecule is O[C@@H]1[C@H](O)CO/C(=N\Nc2ccc(Cl)nn2)[C@H]1O. The Morgan fingerprint density at radius 1 is 1.33 bits per heavy atom. The zero-order valence-corrected chi connectivity index (χ0v) is 9.82. The van der Waals surface area contributed by atoms with Gasteiger partial charge in [-0.15, -0.1) is 15.3 Å². The van der Waals surface area contributed by atoms with Gasteiger partial charge in [0.2, 0.25) is 5.90 Å². The molecule has 0 aromatic carbocycles. The summed E-state index contributed by atoms with van der Waals surface area (Å²) in [4.78, 5) is 0. The van der Waals surface area contributed by atoms with Gasteiger partial charge in [0.1, 0.15) is 18.8 Å². The number of anilines is 1. The minimum Gasteiger partial charge on any atom is -0.475 e. The number of aromatic nitrogens is 2. The Morgan fingerprint density at radius 3 is 2.78 bits per heavy atom. The van der Waals surface area contributed by atoms with E-state index < -0.39 is 18.3 Å². The summed E-state index contributed by atoms with van der Waals surface area (Å²) in [5.74, 6) is 0.160. The second-order valence-corrected chi connectivity index (χ2v) is 4.00. The van der Waals surface area contributed by atoms with E-state index in [1.54, 1.807) is 0 Å². The van der Waals surface area contributed by atoms with Crippen molar-refractivity contribution in [2.75, 3.05) is 12.0 Å². The molecule has 1 saturated heterocycles. The second kappa shape index (κ2) is 5.44. The molecule has 2 rings (SSSR count). The molecular weight excluding hydrogens is 264 g/mol. The first-order valence-corrected chi connectivity index (χ1v) is 5.45. The molecule has 4 N–H and O–H groups in total. The normalized spacial score (nSPS) is 30.0. The topological polar surface area (TPSA) is 120 Å². The zero-order chi connectivity index (χ0) is 13.1. The van der Waals surface area contributed by atoms with E-state index in [1.165, 1.54) is 12.1 Å². The fourth-order valence-electron chi connectivity index (χ4n) is 1.30. The van der Waals surface area contributed by atoms with Gasteiger partial charge in [-0.1, -0.05) is 11.6 Å². The summed E-state index contributed by atoms with van der Waals surface area (Å²) in [5, 5.41) is 39.4. The number of nitrogens with one attached hydrogen (secondary N) is 1. The Labute approximate surface area is 107 Å². The van der Waals surface area contributed by atoms with Gasteiger partial charge >= 0.3 is 0 Å². The van der Waals surface area contributed by atoms with Gasteiger partial charge in [-0.3, -0.25) is 5.43 Å². The van der Waals surface area contributed by atoms with Crippen LogP contribution in [0.3, 0.4) is 0 Å². The molecule has 8 nitrogen and oxygen atoms in total. The van der Waals surface area contributed by atoms with Gasteiger partial charge in [0, 0.05) is 0 Å². The maximum atomic E-state index is 9.57. The number of aliphatic hydroxyl groups excluding tert-OH is 3. The summed E-state index contributed by atoms with van der Waals surface area (Å²) in [6.45, 7) is -0.148. The lowest BCUT2D eigenvalue weighted by Gasteiger charge is -2.29. The van der Waals surface area contributed by atoms with E-state index in [0.717, 1.165) is 0 Å². The Hall–Kier alpha value is -1.48. The molecule has 1 fully saturated rings. The Balaban J connectivity index is 2.03. The van der Waals surface area contributed by atoms with Crippen molar-refractivity contribution in [1.29, 1.82) is 0 Å². The number of aliphatic hydroxyl groups is 3. The monoisotopic (exact) mass is 274 g/mol. The van der Waals surface area contributed by atoms with E-state index in [0.29, 0.717) is 5.82 Å². The minimum atomic E-state index is -1.40. The van der Waals surface area contributed by atoms with Crippen molar-refractivity contribution in [2.24, 2.45) is 5.10 Å². The van der Waals surface area contributed by atoms with Gasteiger partial charge in [0.05, 0.1) is 0 Å². The van der Waals surface area contributed by atoms with E-state index in [4.69, 9.17) is 16.3 Å². The van der Waals surface area contributed by atoms with Crippen LogP contribution in [0.2, 0.25) is 5.15 Å². The van der Waals surface area contributed by atoms with Crippen LogP contribution in [-0.2, 0) is 4.74 Å². The number of hydrazone groups is 1. The molecule has 98 valence electrons. The highest BCUT2D eigenvalue weighted by atomic mass is 35.5. The first-order chi connectivity index (χ1) is 8.58. The van der Waals surface area contributed by atoms with Crippen molar-refractivity contribution >= 4 is 23.3 Å². The molecule has 1 aliphatic heterocycles. The number of halogens is 1. The lowest BCUT2D eigenvalue weighted by Crippen LogP contribution is -2.50. The molecule has 0 radical (unpaired) electrons. The second-order valence-electron chi connectivity index (χ2n) is 3.62. The molecule has 0 amide bonds. The van der Waals surface area contributed by atoms with Crippen LogP contribution in [0.25, 0.3) is 0 Å². The first-order valence-electron chi connectivity index (χ1n) is 5.08. The van der Waals surface area contributed by atoms with Crippen molar-refractivity contribution < 1.29 is 20.1 Å². The van der Waals surface area contributed by atoms with Crippen LogP contribution in [0.5, 0.6) is 0 Å². The molecule has 0 spiro atoms. The third-order valence-corrected chi connectivity index (χ3v) is 2.49. The predicted octanol–water partition coefficient (Wildman–Crippen LogP) is -1.03. The van der Waals surface area contributed by atoms with Crippen molar-refractivity contribution in [2.45, 2.75) is 18.3 Å². The largest absolute Gasteiger partial charge is 0.475 e. The molecule has 0 saturated carbocycles. The highest BCUT2D eigenvalue weighted by Crippen LogP contribution is 2.12. The van der Waals surface area contributed by atoms with Crippen molar-refractivity contribution in [3.63, 3.8) is 0 Å². The summed E-state index contributed by atoms with van der Waals surface area (Å²) in [5.41, 5.74) is 2.49. The molecule has 3 atom stereocenters. The van der Waals surface area contributed by atoms with E-state index in [1.807, 2.05) is 0 Å². The highest BCUT2D eigenvalue weighted by molar-refractivity contribution is 6.29. The standard InChI is InChI=1S/C9H11ClN4O4/c10-5-1-2-6(12-11-5)13-14-9-8(17)7(16)4(15)3-18-9/h1-2,4,7-8,15-17H,3H2,(H,12,13)/b14-9-/t4-,7-,8+/m1/s1. The summed E-state index contributed by atoms with van der Waals surface area (Å²) >= 11 is 5.56. The van der Waals surface area contributed by atoms with E-state index >= 15 is 0 Å². The third kappa shape index (κ3) is 2.85. The molecule has 1 aromatic rings. The predicted molar refractivity (Wildman–Crippen MR) is 62.1 cm³/mol. The molecule has 1 aliphatic rings. The highest BCUT2D eigenvalue weighted by Gasteiger charge is 2.35. The van der Waals surface area contributed by atoms with Crippen LogP contribution in [0.4, 0.5) is 5.82 Å². The fourth-order valence-corrected chi connectivity index (χ4v) is 1.40. The quantitative estimate of drug-likeness (QED) is 0.509. The van der Waals surface area contributed by atoms with Crippen molar-refractivity contribution in [1.82, 2.24) is 10.2 Å². The molecular formula is C9H11ClN4O4. The van der Waals surface area contributed by atoms with Crippen LogP contribution in [0.1, 0.15) is 0 Å². The zero-order valence-electron chi connectivity index (χ0n) is 9.06. The summed E-state index contributed by atoms with van der Waals surface area (Å²) in [6, 6.07) is 3.04. The fraction of sp³-hybridized carbons (Fsp3) is 0.444. The van der Waals surface area contributed by atoms with Gasteiger partial charge in [0.15, 0.2) is 17.1 Å². The average molecular weight is 275 g/mol. The number of ether oxygens (including phenoxy) is 1. The van der Waals surface area contributed by atoms with Crippen LogP contribution in [0.15, 0.2) is 17.2 Å². The Bertz CT molecular complexity index is 441. The number of hydrogen-bond acceptors (Lipinski definition) is 8. The van der Waals surface area contributed by atoms with Crippen LogP contribution in [0, 0.1) is 0 Å². The van der Waals surface area contributed by atoms with E-state index in [9.17, 15) is 15.3 Å². The van der Waals surface area contributed by atoms with Crippen LogP contribution < -0.4 is 5.43 Å². The lowest BCUT2D eigenvalue weighted by molar-refractivity contribution is -0.0836. The van der Waals surface area contributed by atoms with Crippen LogP contribution in [-0.4, -0.2) is 56.3 Å².